The number of para-hydroxylation sites is 2. The van der Waals surface area contributed by atoms with Gasteiger partial charge in [-0.15, -0.1) is 0 Å². The van der Waals surface area contributed by atoms with Crippen LogP contribution in [0.1, 0.15) is 13.8 Å². The van der Waals surface area contributed by atoms with Crippen molar-refractivity contribution in [2.75, 3.05) is 19.8 Å². The van der Waals surface area contributed by atoms with Crippen LogP contribution in [0.5, 0.6) is 11.5 Å². The first-order valence-electron chi connectivity index (χ1n) is 5.18. The normalized spacial score (nSPS) is 10.6. The Balaban J connectivity index is 2.18. The zero-order valence-electron chi connectivity index (χ0n) is 9.27. The van der Waals surface area contributed by atoms with Gasteiger partial charge in [0.1, 0.15) is 6.61 Å². The summed E-state index contributed by atoms with van der Waals surface area (Å²) in [5.74, 6) is 1.21. The van der Waals surface area contributed by atoms with Crippen molar-refractivity contribution in [3.05, 3.63) is 24.3 Å². The molecule has 0 unspecified atom stereocenters. The lowest BCUT2D eigenvalue weighted by Gasteiger charge is -2.09. The lowest BCUT2D eigenvalue weighted by molar-refractivity contribution is 0.0811. The highest BCUT2D eigenvalue weighted by Crippen LogP contribution is 2.23. The Labute approximate surface area is 90.6 Å². The molecular weight excluding hydrogens is 192 g/mol. The van der Waals surface area contributed by atoms with Crippen molar-refractivity contribution < 1.29 is 14.6 Å². The molecule has 0 amide bonds. The average Bonchev–Trinajstić information content (AvgIpc) is 2.20. The van der Waals surface area contributed by atoms with Crippen LogP contribution in [0, 0.1) is 5.92 Å². The molecule has 1 N–H and O–H groups in total. The second-order valence-corrected chi connectivity index (χ2v) is 3.78. The van der Waals surface area contributed by atoms with Crippen LogP contribution in [-0.2, 0) is 4.74 Å². The van der Waals surface area contributed by atoms with Crippen LogP contribution >= 0.6 is 0 Å². The highest BCUT2D eigenvalue weighted by molar-refractivity contribution is 5.37. The molecule has 0 heterocycles. The third kappa shape index (κ3) is 4.70. The third-order valence-electron chi connectivity index (χ3n) is 1.80. The van der Waals surface area contributed by atoms with Gasteiger partial charge in [-0.25, -0.2) is 0 Å². The molecule has 0 fully saturated rings. The van der Waals surface area contributed by atoms with Gasteiger partial charge in [-0.3, -0.25) is 0 Å². The number of rotatable bonds is 6. The standard InChI is InChI=1S/C12H18O3/c1-10(2)9-14-7-8-15-12-6-4-3-5-11(12)13/h3-6,10,13H,7-9H2,1-2H3. The molecule has 0 saturated heterocycles. The van der Waals surface area contributed by atoms with Gasteiger partial charge in [0, 0.05) is 6.61 Å². The number of benzene rings is 1. The fourth-order valence-corrected chi connectivity index (χ4v) is 1.11. The van der Waals surface area contributed by atoms with Crippen molar-refractivity contribution in [3.63, 3.8) is 0 Å². The van der Waals surface area contributed by atoms with Gasteiger partial charge in [-0.05, 0) is 18.1 Å². The van der Waals surface area contributed by atoms with Crippen LogP contribution in [0.2, 0.25) is 0 Å². The van der Waals surface area contributed by atoms with Crippen molar-refractivity contribution >= 4 is 0 Å². The number of ether oxygens (including phenoxy) is 2. The van der Waals surface area contributed by atoms with Gasteiger partial charge in [0.2, 0.25) is 0 Å². The number of aromatic hydroxyl groups is 1. The van der Waals surface area contributed by atoms with E-state index in [2.05, 4.69) is 13.8 Å². The van der Waals surface area contributed by atoms with Gasteiger partial charge >= 0.3 is 0 Å². The molecule has 0 bridgehead atoms. The van der Waals surface area contributed by atoms with Crippen molar-refractivity contribution in [1.29, 1.82) is 0 Å². The van der Waals surface area contributed by atoms with Crippen molar-refractivity contribution in [2.45, 2.75) is 13.8 Å². The maximum atomic E-state index is 9.39. The molecule has 0 aliphatic heterocycles. The summed E-state index contributed by atoms with van der Waals surface area (Å²) in [6.45, 7) is 5.95. The summed E-state index contributed by atoms with van der Waals surface area (Å²) in [4.78, 5) is 0. The molecule has 84 valence electrons. The fourth-order valence-electron chi connectivity index (χ4n) is 1.11. The Morgan fingerprint density at radius 3 is 2.60 bits per heavy atom. The number of hydrogen-bond donors (Lipinski definition) is 1. The third-order valence-corrected chi connectivity index (χ3v) is 1.80. The largest absolute Gasteiger partial charge is 0.504 e. The predicted octanol–water partition coefficient (Wildman–Crippen LogP) is 2.44. The van der Waals surface area contributed by atoms with Gasteiger partial charge in [-0.1, -0.05) is 26.0 Å². The number of hydrogen-bond acceptors (Lipinski definition) is 3. The Kier molecular flexibility index (Phi) is 4.98. The van der Waals surface area contributed by atoms with E-state index in [1.165, 1.54) is 0 Å². The van der Waals surface area contributed by atoms with Gasteiger partial charge in [0.15, 0.2) is 11.5 Å². The Bertz CT molecular complexity index is 284. The minimum atomic E-state index is 0.168. The maximum Gasteiger partial charge on any atom is 0.161 e. The molecule has 0 atom stereocenters. The van der Waals surface area contributed by atoms with Crippen LogP contribution in [0.15, 0.2) is 24.3 Å². The Morgan fingerprint density at radius 1 is 1.20 bits per heavy atom. The SMILES string of the molecule is CC(C)COCCOc1ccccc1O. The summed E-state index contributed by atoms with van der Waals surface area (Å²) in [5, 5.41) is 9.39. The molecule has 0 spiro atoms. The van der Waals surface area contributed by atoms with Crippen molar-refractivity contribution in [3.8, 4) is 11.5 Å². The number of phenols is 1. The zero-order chi connectivity index (χ0) is 11.1. The van der Waals surface area contributed by atoms with E-state index >= 15 is 0 Å². The molecule has 0 aliphatic carbocycles. The van der Waals surface area contributed by atoms with E-state index < -0.39 is 0 Å². The molecule has 0 saturated carbocycles. The lowest BCUT2D eigenvalue weighted by Crippen LogP contribution is -2.10. The van der Waals surface area contributed by atoms with E-state index in [0.717, 1.165) is 6.61 Å². The van der Waals surface area contributed by atoms with Crippen LogP contribution in [0.25, 0.3) is 0 Å². The summed E-state index contributed by atoms with van der Waals surface area (Å²) >= 11 is 0. The lowest BCUT2D eigenvalue weighted by atomic mass is 10.2. The highest BCUT2D eigenvalue weighted by atomic mass is 16.5. The zero-order valence-corrected chi connectivity index (χ0v) is 9.27. The maximum absolute atomic E-state index is 9.39. The van der Waals surface area contributed by atoms with Crippen LogP contribution < -0.4 is 4.74 Å². The van der Waals surface area contributed by atoms with E-state index in [9.17, 15) is 5.11 Å². The minimum Gasteiger partial charge on any atom is -0.504 e. The quantitative estimate of drug-likeness (QED) is 0.733. The first-order chi connectivity index (χ1) is 7.20. The van der Waals surface area contributed by atoms with Crippen molar-refractivity contribution in [2.24, 2.45) is 5.92 Å². The average molecular weight is 210 g/mol. The second kappa shape index (κ2) is 6.30. The molecule has 1 rings (SSSR count). The second-order valence-electron chi connectivity index (χ2n) is 3.78. The molecule has 3 heteroatoms. The Hall–Kier alpha value is -1.22. The molecule has 1 aromatic carbocycles. The molecule has 1 aromatic rings. The summed E-state index contributed by atoms with van der Waals surface area (Å²) in [5.41, 5.74) is 0. The predicted molar refractivity (Wildman–Crippen MR) is 59.3 cm³/mol. The van der Waals surface area contributed by atoms with Gasteiger partial charge in [0.05, 0.1) is 6.61 Å². The van der Waals surface area contributed by atoms with Gasteiger partial charge in [0.25, 0.3) is 0 Å². The number of phenolic OH excluding ortho intramolecular Hbond substituents is 1. The van der Waals surface area contributed by atoms with E-state index in [1.807, 2.05) is 6.07 Å². The first kappa shape index (κ1) is 11.9. The van der Waals surface area contributed by atoms with E-state index in [0.29, 0.717) is 24.9 Å². The summed E-state index contributed by atoms with van der Waals surface area (Å²) in [7, 11) is 0. The topological polar surface area (TPSA) is 38.7 Å². The summed E-state index contributed by atoms with van der Waals surface area (Å²) in [6.07, 6.45) is 0. The van der Waals surface area contributed by atoms with E-state index in [4.69, 9.17) is 9.47 Å². The summed E-state index contributed by atoms with van der Waals surface area (Å²) in [6, 6.07) is 6.92. The van der Waals surface area contributed by atoms with Gasteiger partial charge in [-0.2, -0.15) is 0 Å². The van der Waals surface area contributed by atoms with Crippen LogP contribution in [0.3, 0.4) is 0 Å². The first-order valence-corrected chi connectivity index (χ1v) is 5.18. The molecular formula is C12H18O3. The highest BCUT2D eigenvalue weighted by Gasteiger charge is 1.99. The molecule has 0 aliphatic rings. The monoisotopic (exact) mass is 210 g/mol. The van der Waals surface area contributed by atoms with Crippen LogP contribution in [-0.4, -0.2) is 24.9 Å². The van der Waals surface area contributed by atoms with Gasteiger partial charge < -0.3 is 14.6 Å². The smallest absolute Gasteiger partial charge is 0.161 e. The molecule has 3 nitrogen and oxygen atoms in total. The molecule has 15 heavy (non-hydrogen) atoms. The van der Waals surface area contributed by atoms with Crippen molar-refractivity contribution in [1.82, 2.24) is 0 Å². The molecule has 0 radical (unpaired) electrons. The minimum absolute atomic E-state index is 0.168. The molecule has 0 aromatic heterocycles. The summed E-state index contributed by atoms with van der Waals surface area (Å²) < 4.78 is 10.7. The Morgan fingerprint density at radius 2 is 1.93 bits per heavy atom. The van der Waals surface area contributed by atoms with E-state index in [1.54, 1.807) is 18.2 Å². The van der Waals surface area contributed by atoms with Crippen LogP contribution in [0.4, 0.5) is 0 Å². The fraction of sp³-hybridized carbons (Fsp3) is 0.500. The van der Waals surface area contributed by atoms with E-state index in [-0.39, 0.29) is 5.75 Å².